The Labute approximate surface area is 378 Å². The van der Waals surface area contributed by atoms with Crippen LogP contribution in [0.15, 0.2) is 60.7 Å². The van der Waals surface area contributed by atoms with Crippen molar-refractivity contribution in [3.05, 3.63) is 105 Å². The number of halogens is 1. The molecule has 2 N–H and O–H groups in total. The molecule has 0 spiro atoms. The van der Waals surface area contributed by atoms with Crippen molar-refractivity contribution in [2.75, 3.05) is 44.2 Å². The number of benzene rings is 3. The fourth-order valence-electron chi connectivity index (χ4n) is 10.2. The summed E-state index contributed by atoms with van der Waals surface area (Å²) < 4.78 is 2.01. The molecule has 14 heteroatoms. The maximum atomic E-state index is 13.4. The zero-order chi connectivity index (χ0) is 44.6. The number of hydrogen-bond acceptors (Lipinski definition) is 10. The molecule has 5 heterocycles. The molecule has 2 unspecified atom stereocenters. The topological polar surface area (TPSA) is 155 Å². The number of hydrogen-bond donors (Lipinski definition) is 2. The molecule has 5 aliphatic rings. The number of nitrogens with one attached hydrogen (secondary N) is 1. The van der Waals surface area contributed by atoms with Gasteiger partial charge in [0.2, 0.25) is 11.8 Å². The van der Waals surface area contributed by atoms with Gasteiger partial charge in [0.1, 0.15) is 18.3 Å². The van der Waals surface area contributed by atoms with Crippen LogP contribution in [-0.4, -0.2) is 111 Å². The van der Waals surface area contributed by atoms with Crippen LogP contribution in [0.5, 0.6) is 0 Å². The number of imide groups is 2. The summed E-state index contributed by atoms with van der Waals surface area (Å²) in [5.74, 6) is 5.55. The molecule has 1 aliphatic carbocycles. The van der Waals surface area contributed by atoms with Crippen LogP contribution in [0, 0.1) is 48.9 Å². The fourth-order valence-corrected chi connectivity index (χ4v) is 10.5. The van der Waals surface area contributed by atoms with Crippen LogP contribution in [0.4, 0.5) is 5.69 Å². The first kappa shape index (κ1) is 43.4. The molecule has 1 aromatic heterocycles. The summed E-state index contributed by atoms with van der Waals surface area (Å²) in [4.78, 5) is 58.8. The maximum Gasteiger partial charge on any atom is 0.262 e. The standard InChI is InChI=1S/C50H53ClN8O5/c1-31-32(2)58(54-46(31)37-13-14-38(29-52)43(51)27-37)30-35-7-5-33(6-8-35)3-4-34-9-11-36(12-10-34)48(62)57-25-23-56(24-26-57)39-19-21-55(22-20-39)40-15-16-41-42(28-40)50(64)59(49(41)63)44-17-18-45(60)53-47(44)61/h5-8,13-16,27-28,34,36,39,44,48,62H,9-12,17-26,30H2,1-2H3,(H,53,60,61). The van der Waals surface area contributed by atoms with E-state index in [-0.39, 0.29) is 18.8 Å². The minimum atomic E-state index is -0.973. The zero-order valence-corrected chi connectivity index (χ0v) is 37.1. The molecule has 3 aromatic carbocycles. The van der Waals surface area contributed by atoms with Gasteiger partial charge < -0.3 is 10.0 Å². The summed E-state index contributed by atoms with van der Waals surface area (Å²) in [7, 11) is 0. The largest absolute Gasteiger partial charge is 0.378 e. The number of fused-ring (bicyclic) bond motifs is 1. The predicted octanol–water partition coefficient (Wildman–Crippen LogP) is 5.90. The van der Waals surface area contributed by atoms with Crippen LogP contribution in [0.25, 0.3) is 11.3 Å². The molecule has 9 rings (SSSR count). The highest BCUT2D eigenvalue weighted by Gasteiger charge is 2.45. The number of anilines is 1. The molecule has 4 aliphatic heterocycles. The van der Waals surface area contributed by atoms with Gasteiger partial charge in [-0.15, -0.1) is 0 Å². The summed E-state index contributed by atoms with van der Waals surface area (Å²) in [5.41, 5.74) is 7.99. The number of carbonyl (C=O) groups excluding carboxylic acids is 4. The number of amides is 4. The van der Waals surface area contributed by atoms with Gasteiger partial charge in [-0.3, -0.25) is 43.9 Å². The Morgan fingerprint density at radius 2 is 1.56 bits per heavy atom. The SMILES string of the molecule is Cc1c(-c2ccc(C#N)c(Cl)c2)nn(Cc2ccc(C#CC3CCC(C(O)N4CCN(C5CCN(c6ccc7c(c6)C(=O)N(C6CCC(=O)NC6=O)C7=O)CC5)CC4)CC3)cc2)c1C. The Kier molecular flexibility index (Phi) is 12.4. The highest BCUT2D eigenvalue weighted by Crippen LogP contribution is 2.35. The molecular formula is C50H53ClN8O5. The van der Waals surface area contributed by atoms with Gasteiger partial charge in [0, 0.05) is 80.2 Å². The van der Waals surface area contributed by atoms with Gasteiger partial charge in [0.15, 0.2) is 0 Å². The Morgan fingerprint density at radius 1 is 0.844 bits per heavy atom. The first-order chi connectivity index (χ1) is 30.9. The van der Waals surface area contributed by atoms with Gasteiger partial charge in [-0.2, -0.15) is 10.4 Å². The predicted molar refractivity (Wildman–Crippen MR) is 242 cm³/mol. The monoisotopic (exact) mass is 880 g/mol. The second-order valence-electron chi connectivity index (χ2n) is 18.0. The third kappa shape index (κ3) is 8.70. The highest BCUT2D eigenvalue weighted by atomic mass is 35.5. The summed E-state index contributed by atoms with van der Waals surface area (Å²) in [6.07, 6.45) is 5.66. The van der Waals surface area contributed by atoms with E-state index in [1.807, 2.05) is 16.8 Å². The van der Waals surface area contributed by atoms with Crippen molar-refractivity contribution in [1.29, 1.82) is 5.26 Å². The number of aliphatic hydroxyl groups is 1. The second kappa shape index (κ2) is 18.3. The average molecular weight is 881 g/mol. The van der Waals surface area contributed by atoms with Crippen molar-refractivity contribution >= 4 is 40.9 Å². The Bertz CT molecular complexity index is 2580. The molecule has 13 nitrogen and oxygen atoms in total. The van der Waals surface area contributed by atoms with Crippen LogP contribution in [-0.2, 0) is 16.1 Å². The van der Waals surface area contributed by atoms with Crippen molar-refractivity contribution in [2.24, 2.45) is 11.8 Å². The molecule has 4 aromatic rings. The van der Waals surface area contributed by atoms with E-state index < -0.39 is 35.9 Å². The van der Waals surface area contributed by atoms with Crippen LogP contribution < -0.4 is 10.2 Å². The van der Waals surface area contributed by atoms with Gasteiger partial charge in [-0.1, -0.05) is 41.6 Å². The highest BCUT2D eigenvalue weighted by molar-refractivity contribution is 6.32. The van der Waals surface area contributed by atoms with E-state index in [0.29, 0.717) is 40.2 Å². The smallest absolute Gasteiger partial charge is 0.262 e. The van der Waals surface area contributed by atoms with Crippen LogP contribution in [0.2, 0.25) is 5.02 Å². The molecule has 3 saturated heterocycles. The summed E-state index contributed by atoms with van der Waals surface area (Å²) in [5, 5.41) is 28.3. The molecule has 64 heavy (non-hydrogen) atoms. The number of piperidine rings is 2. The quantitative estimate of drug-likeness (QED) is 0.162. The normalized spacial score (nSPS) is 22.8. The van der Waals surface area contributed by atoms with E-state index in [2.05, 4.69) is 76.0 Å². The lowest BCUT2D eigenvalue weighted by Gasteiger charge is -2.45. The first-order valence-corrected chi connectivity index (χ1v) is 22.9. The summed E-state index contributed by atoms with van der Waals surface area (Å²) in [6.45, 7) is 9.94. The summed E-state index contributed by atoms with van der Waals surface area (Å²) in [6, 6.07) is 20.8. The number of nitriles is 1. The number of aromatic nitrogens is 2. The third-order valence-corrected chi connectivity index (χ3v) is 14.6. The first-order valence-electron chi connectivity index (χ1n) is 22.6. The Hall–Kier alpha value is -5.83. The molecule has 0 bridgehead atoms. The van der Waals surface area contributed by atoms with Crippen molar-refractivity contribution in [2.45, 2.75) is 90.1 Å². The van der Waals surface area contributed by atoms with Gasteiger partial charge in [-0.25, -0.2) is 0 Å². The maximum absolute atomic E-state index is 13.4. The number of nitrogens with zero attached hydrogens (tertiary/aromatic N) is 7. The van der Waals surface area contributed by atoms with Crippen LogP contribution in [0.1, 0.15) is 100 Å². The van der Waals surface area contributed by atoms with Crippen molar-refractivity contribution in [3.63, 3.8) is 0 Å². The van der Waals surface area contributed by atoms with Crippen LogP contribution >= 0.6 is 11.6 Å². The van der Waals surface area contributed by atoms with Crippen molar-refractivity contribution in [3.8, 4) is 29.2 Å². The molecule has 1 saturated carbocycles. The minimum Gasteiger partial charge on any atom is -0.378 e. The Morgan fingerprint density at radius 3 is 2.25 bits per heavy atom. The number of aliphatic hydroxyl groups excluding tert-OH is 1. The zero-order valence-electron chi connectivity index (χ0n) is 36.4. The van der Waals surface area contributed by atoms with E-state index in [4.69, 9.17) is 16.7 Å². The van der Waals surface area contributed by atoms with E-state index >= 15 is 0 Å². The number of carbonyl (C=O) groups is 4. The number of piperazine rings is 1. The molecule has 4 amide bonds. The minimum absolute atomic E-state index is 0.0923. The molecule has 0 radical (unpaired) electrons. The van der Waals surface area contributed by atoms with E-state index in [1.54, 1.807) is 24.3 Å². The van der Waals surface area contributed by atoms with E-state index in [1.165, 1.54) is 0 Å². The second-order valence-corrected chi connectivity index (χ2v) is 18.4. The third-order valence-electron chi connectivity index (χ3n) is 14.3. The van der Waals surface area contributed by atoms with Gasteiger partial charge in [0.25, 0.3) is 11.8 Å². The molecule has 4 fully saturated rings. The van der Waals surface area contributed by atoms with Gasteiger partial charge in [-0.05, 0) is 118 Å². The average Bonchev–Trinajstić information content (AvgIpc) is 3.74. The van der Waals surface area contributed by atoms with Crippen LogP contribution in [0.3, 0.4) is 0 Å². The lowest BCUT2D eigenvalue weighted by Crippen LogP contribution is -2.56. The van der Waals surface area contributed by atoms with Gasteiger partial charge in [0.05, 0.1) is 34.0 Å². The Balaban J connectivity index is 0.708. The van der Waals surface area contributed by atoms with Crippen molar-refractivity contribution < 1.29 is 24.3 Å². The van der Waals surface area contributed by atoms with E-state index in [9.17, 15) is 29.5 Å². The van der Waals surface area contributed by atoms with Crippen molar-refractivity contribution in [1.82, 2.24) is 29.8 Å². The molecule has 2 atom stereocenters. The number of rotatable bonds is 8. The van der Waals surface area contributed by atoms with E-state index in [0.717, 1.165) is 122 Å². The lowest BCUT2D eigenvalue weighted by atomic mass is 9.81. The summed E-state index contributed by atoms with van der Waals surface area (Å²) >= 11 is 6.31. The lowest BCUT2D eigenvalue weighted by molar-refractivity contribution is -0.136. The molecular weight excluding hydrogens is 828 g/mol. The fraction of sp³-hybridized carbons (Fsp3) is 0.440. The van der Waals surface area contributed by atoms with Gasteiger partial charge >= 0.3 is 0 Å². The molecule has 330 valence electrons.